The van der Waals surface area contributed by atoms with Crippen molar-refractivity contribution in [2.45, 2.75) is 26.2 Å². The molecule has 1 saturated carbocycles. The van der Waals surface area contributed by atoms with Gasteiger partial charge in [0.1, 0.15) is 0 Å². The largest absolute Gasteiger partial charge is 0.399 e. The zero-order valence-electron chi connectivity index (χ0n) is 12.7. The molecule has 0 aliphatic heterocycles. The van der Waals surface area contributed by atoms with E-state index in [0.717, 1.165) is 36.7 Å². The highest BCUT2D eigenvalue weighted by Crippen LogP contribution is 2.33. The Balaban J connectivity index is 2.34. The summed E-state index contributed by atoms with van der Waals surface area (Å²) in [6.45, 7) is 4.16. The number of anilines is 2. The van der Waals surface area contributed by atoms with Gasteiger partial charge in [-0.2, -0.15) is 0 Å². The Labute approximate surface area is 121 Å². The van der Waals surface area contributed by atoms with Crippen molar-refractivity contribution < 1.29 is 4.79 Å². The molecule has 0 bridgehead atoms. The molecule has 0 atom stereocenters. The van der Waals surface area contributed by atoms with Crippen LogP contribution >= 0.6 is 0 Å². The molecule has 2 rings (SSSR count). The molecule has 4 nitrogen and oxygen atoms in total. The molecule has 20 heavy (non-hydrogen) atoms. The Hall–Kier alpha value is -1.71. The van der Waals surface area contributed by atoms with Crippen molar-refractivity contribution in [2.24, 2.45) is 5.92 Å². The molecule has 2 N–H and O–H groups in total. The maximum Gasteiger partial charge on any atom is 0.255 e. The van der Waals surface area contributed by atoms with Gasteiger partial charge < -0.3 is 15.5 Å². The van der Waals surface area contributed by atoms with Crippen molar-refractivity contribution >= 4 is 17.3 Å². The summed E-state index contributed by atoms with van der Waals surface area (Å²) in [6, 6.07) is 5.60. The molecule has 1 aliphatic rings. The lowest BCUT2D eigenvalue weighted by Crippen LogP contribution is -2.30. The van der Waals surface area contributed by atoms with Gasteiger partial charge in [-0.05, 0) is 43.4 Å². The van der Waals surface area contributed by atoms with Gasteiger partial charge >= 0.3 is 0 Å². The van der Waals surface area contributed by atoms with Crippen molar-refractivity contribution in [3.63, 3.8) is 0 Å². The number of nitrogens with zero attached hydrogens (tertiary/aromatic N) is 2. The quantitative estimate of drug-likeness (QED) is 0.812. The second kappa shape index (κ2) is 6.16. The number of nitrogen functional groups attached to an aromatic ring is 1. The molecule has 0 heterocycles. The van der Waals surface area contributed by atoms with Crippen LogP contribution in [-0.4, -0.2) is 38.0 Å². The normalized spacial score (nSPS) is 14.2. The predicted octanol–water partition coefficient (Wildman–Crippen LogP) is 2.60. The summed E-state index contributed by atoms with van der Waals surface area (Å²) in [5.41, 5.74) is 8.38. The number of hydrogen-bond acceptors (Lipinski definition) is 3. The van der Waals surface area contributed by atoms with Gasteiger partial charge in [0.05, 0.1) is 11.3 Å². The van der Waals surface area contributed by atoms with Gasteiger partial charge in [-0.1, -0.05) is 6.92 Å². The first kappa shape index (κ1) is 14.7. The summed E-state index contributed by atoms with van der Waals surface area (Å²) in [6.07, 6.45) is 3.68. The standard InChI is InChI=1S/C16H25N3O/c1-4-9-19(11-12-5-6-12)15-10-13(17)7-8-14(15)16(20)18(2)3/h7-8,10,12H,4-6,9,11,17H2,1-3H3. The topological polar surface area (TPSA) is 49.6 Å². The third-order valence-corrected chi connectivity index (χ3v) is 3.67. The van der Waals surface area contributed by atoms with Crippen LogP contribution in [0.1, 0.15) is 36.5 Å². The van der Waals surface area contributed by atoms with Crippen molar-refractivity contribution in [3.8, 4) is 0 Å². The lowest BCUT2D eigenvalue weighted by Gasteiger charge is -2.27. The molecule has 0 saturated heterocycles. The number of carbonyl (C=O) groups is 1. The fourth-order valence-electron chi connectivity index (χ4n) is 2.42. The van der Waals surface area contributed by atoms with E-state index in [2.05, 4.69) is 11.8 Å². The number of hydrogen-bond donors (Lipinski definition) is 1. The summed E-state index contributed by atoms with van der Waals surface area (Å²) >= 11 is 0. The Morgan fingerprint density at radius 3 is 2.60 bits per heavy atom. The van der Waals surface area contributed by atoms with Crippen LogP contribution in [0.5, 0.6) is 0 Å². The Bertz CT molecular complexity index is 481. The molecule has 1 aromatic rings. The highest BCUT2D eigenvalue weighted by atomic mass is 16.2. The summed E-state index contributed by atoms with van der Waals surface area (Å²) < 4.78 is 0. The van der Waals surface area contributed by atoms with E-state index in [1.54, 1.807) is 19.0 Å². The van der Waals surface area contributed by atoms with E-state index in [1.807, 2.05) is 18.2 Å². The summed E-state index contributed by atoms with van der Waals surface area (Å²) in [7, 11) is 3.57. The van der Waals surface area contributed by atoms with Crippen LogP contribution in [0.4, 0.5) is 11.4 Å². The van der Waals surface area contributed by atoms with E-state index in [1.165, 1.54) is 12.8 Å². The molecule has 1 fully saturated rings. The Morgan fingerprint density at radius 2 is 2.05 bits per heavy atom. The molecule has 1 amide bonds. The first-order chi connectivity index (χ1) is 9.52. The number of rotatable bonds is 6. The van der Waals surface area contributed by atoms with Crippen LogP contribution < -0.4 is 10.6 Å². The second-order valence-corrected chi connectivity index (χ2v) is 5.87. The van der Waals surface area contributed by atoms with Gasteiger partial charge in [0.25, 0.3) is 5.91 Å². The van der Waals surface area contributed by atoms with E-state index < -0.39 is 0 Å². The molecule has 110 valence electrons. The van der Waals surface area contributed by atoms with Gasteiger partial charge in [-0.3, -0.25) is 4.79 Å². The minimum absolute atomic E-state index is 0.0388. The van der Waals surface area contributed by atoms with E-state index >= 15 is 0 Å². The monoisotopic (exact) mass is 275 g/mol. The van der Waals surface area contributed by atoms with Crippen molar-refractivity contribution in [3.05, 3.63) is 23.8 Å². The lowest BCUT2D eigenvalue weighted by molar-refractivity contribution is 0.0828. The number of nitrogens with two attached hydrogens (primary N) is 1. The Morgan fingerprint density at radius 1 is 1.35 bits per heavy atom. The first-order valence-corrected chi connectivity index (χ1v) is 7.39. The van der Waals surface area contributed by atoms with Gasteiger partial charge in [-0.15, -0.1) is 0 Å². The maximum absolute atomic E-state index is 12.3. The molecule has 0 unspecified atom stereocenters. The van der Waals surface area contributed by atoms with E-state index in [4.69, 9.17) is 5.73 Å². The smallest absolute Gasteiger partial charge is 0.255 e. The summed E-state index contributed by atoms with van der Waals surface area (Å²) in [5, 5.41) is 0. The van der Waals surface area contributed by atoms with Crippen LogP contribution in [0.25, 0.3) is 0 Å². The zero-order chi connectivity index (χ0) is 14.7. The molecule has 0 aromatic heterocycles. The van der Waals surface area contributed by atoms with Crippen LogP contribution in [0.15, 0.2) is 18.2 Å². The van der Waals surface area contributed by atoms with E-state index in [0.29, 0.717) is 5.69 Å². The maximum atomic E-state index is 12.3. The van der Waals surface area contributed by atoms with Crippen molar-refractivity contribution in [1.29, 1.82) is 0 Å². The van der Waals surface area contributed by atoms with Gasteiger partial charge in [0, 0.05) is 32.9 Å². The summed E-state index contributed by atoms with van der Waals surface area (Å²) in [4.78, 5) is 16.3. The van der Waals surface area contributed by atoms with Crippen LogP contribution in [-0.2, 0) is 0 Å². The molecule has 1 aromatic carbocycles. The first-order valence-electron chi connectivity index (χ1n) is 7.39. The average molecular weight is 275 g/mol. The second-order valence-electron chi connectivity index (χ2n) is 5.87. The number of benzene rings is 1. The van der Waals surface area contributed by atoms with Crippen LogP contribution in [0, 0.1) is 5.92 Å². The Kier molecular flexibility index (Phi) is 4.53. The number of amides is 1. The zero-order valence-corrected chi connectivity index (χ0v) is 12.7. The van der Waals surface area contributed by atoms with Crippen LogP contribution in [0.2, 0.25) is 0 Å². The van der Waals surface area contributed by atoms with Gasteiger partial charge in [0.2, 0.25) is 0 Å². The van der Waals surface area contributed by atoms with E-state index in [-0.39, 0.29) is 5.91 Å². The predicted molar refractivity (Wildman–Crippen MR) is 84.1 cm³/mol. The fraction of sp³-hybridized carbons (Fsp3) is 0.562. The average Bonchev–Trinajstić information content (AvgIpc) is 3.21. The minimum Gasteiger partial charge on any atom is -0.399 e. The van der Waals surface area contributed by atoms with Crippen molar-refractivity contribution in [2.75, 3.05) is 37.8 Å². The third kappa shape index (κ3) is 3.44. The molecule has 0 spiro atoms. The molecule has 1 aliphatic carbocycles. The lowest BCUT2D eigenvalue weighted by atomic mass is 10.1. The summed E-state index contributed by atoms with van der Waals surface area (Å²) in [5.74, 6) is 0.821. The minimum atomic E-state index is 0.0388. The highest BCUT2D eigenvalue weighted by Gasteiger charge is 2.26. The highest BCUT2D eigenvalue weighted by molar-refractivity contribution is 6.00. The molecular weight excluding hydrogens is 250 g/mol. The number of carbonyl (C=O) groups excluding carboxylic acids is 1. The third-order valence-electron chi connectivity index (χ3n) is 3.67. The van der Waals surface area contributed by atoms with Gasteiger partial charge in [-0.25, -0.2) is 0 Å². The molecular formula is C16H25N3O. The van der Waals surface area contributed by atoms with Gasteiger partial charge in [0.15, 0.2) is 0 Å². The molecule has 4 heteroatoms. The molecule has 0 radical (unpaired) electrons. The SMILES string of the molecule is CCCN(CC1CC1)c1cc(N)ccc1C(=O)N(C)C. The van der Waals surface area contributed by atoms with Crippen molar-refractivity contribution in [1.82, 2.24) is 4.90 Å². The fourth-order valence-corrected chi connectivity index (χ4v) is 2.42. The van der Waals surface area contributed by atoms with E-state index in [9.17, 15) is 4.79 Å². The van der Waals surface area contributed by atoms with Crippen LogP contribution in [0.3, 0.4) is 0 Å².